The second-order valence-electron chi connectivity index (χ2n) is 15.3. The number of benzene rings is 1. The van der Waals surface area contributed by atoms with Gasteiger partial charge in [-0.15, -0.1) is 11.3 Å². The van der Waals surface area contributed by atoms with Crippen LogP contribution in [0.25, 0.3) is 0 Å². The number of ether oxygens (including phenoxy) is 1. The van der Waals surface area contributed by atoms with E-state index in [1.807, 2.05) is 41.7 Å². The summed E-state index contributed by atoms with van der Waals surface area (Å²) in [6, 6.07) is 3.35. The molecular formula is C39H58N6O7S. The first-order chi connectivity index (χ1) is 25.0. The summed E-state index contributed by atoms with van der Waals surface area (Å²) in [4.78, 5) is 74.5. The topological polar surface area (TPSA) is 184 Å². The zero-order chi connectivity index (χ0) is 39.1. The van der Waals surface area contributed by atoms with Gasteiger partial charge >= 0.3 is 11.9 Å². The van der Waals surface area contributed by atoms with Gasteiger partial charge in [-0.1, -0.05) is 47.1 Å². The Morgan fingerprint density at radius 3 is 2.49 bits per heavy atom. The summed E-state index contributed by atoms with van der Waals surface area (Å²) in [6.07, 6.45) is 2.50. The van der Waals surface area contributed by atoms with Crippen molar-refractivity contribution in [3.05, 3.63) is 45.4 Å². The van der Waals surface area contributed by atoms with Crippen LogP contribution >= 0.6 is 11.3 Å². The number of hydrogen-bond acceptors (Lipinski definition) is 10. The van der Waals surface area contributed by atoms with E-state index >= 15 is 0 Å². The molecule has 53 heavy (non-hydrogen) atoms. The third-order valence-electron chi connectivity index (χ3n) is 11.0. The van der Waals surface area contributed by atoms with E-state index in [4.69, 9.17) is 10.5 Å². The van der Waals surface area contributed by atoms with Gasteiger partial charge in [0.05, 0.1) is 12.0 Å². The summed E-state index contributed by atoms with van der Waals surface area (Å²) in [7, 11) is 1.95. The lowest BCUT2D eigenvalue weighted by atomic mass is 9.80. The van der Waals surface area contributed by atoms with Crippen LogP contribution in [0.1, 0.15) is 119 Å². The van der Waals surface area contributed by atoms with Crippen molar-refractivity contribution in [2.75, 3.05) is 25.9 Å². The van der Waals surface area contributed by atoms with Crippen molar-refractivity contribution in [2.24, 2.45) is 17.8 Å². The first-order valence-electron chi connectivity index (χ1n) is 18.9. The van der Waals surface area contributed by atoms with Gasteiger partial charge in [-0.05, 0) is 87.2 Å². The number of carbonyl (C=O) groups excluding carboxylic acids is 4. The highest BCUT2D eigenvalue weighted by Crippen LogP contribution is 2.35. The fraction of sp³-hybridized carbons (Fsp3) is 0.641. The average Bonchev–Trinajstić information content (AvgIpc) is 3.60. The van der Waals surface area contributed by atoms with E-state index < -0.39 is 42.0 Å². The van der Waals surface area contributed by atoms with Gasteiger partial charge in [0.15, 0.2) is 6.10 Å². The largest absolute Gasteiger partial charge is 0.481 e. The van der Waals surface area contributed by atoms with E-state index in [1.165, 1.54) is 18.3 Å². The molecule has 2 aliphatic rings. The van der Waals surface area contributed by atoms with Crippen LogP contribution in [-0.2, 0) is 30.3 Å². The van der Waals surface area contributed by atoms with Crippen LogP contribution in [0.15, 0.2) is 23.6 Å². The van der Waals surface area contributed by atoms with E-state index in [9.17, 15) is 29.1 Å². The van der Waals surface area contributed by atoms with Crippen molar-refractivity contribution in [1.82, 2.24) is 25.4 Å². The molecule has 4 rings (SSSR count). The Morgan fingerprint density at radius 2 is 1.87 bits per heavy atom. The maximum absolute atomic E-state index is 14.4. The number of anilines is 1. The normalized spacial score (nSPS) is 22.5. The predicted octanol–water partition coefficient (Wildman–Crippen LogP) is 4.77. The Kier molecular flexibility index (Phi) is 14.4. The summed E-state index contributed by atoms with van der Waals surface area (Å²) < 4.78 is 5.81. The summed E-state index contributed by atoms with van der Waals surface area (Å²) >= 11 is 1.18. The molecule has 2 heterocycles. The minimum Gasteiger partial charge on any atom is -0.481 e. The van der Waals surface area contributed by atoms with Crippen molar-refractivity contribution in [1.29, 1.82) is 0 Å². The van der Waals surface area contributed by atoms with Gasteiger partial charge in [0.1, 0.15) is 16.7 Å². The number of nitrogens with one attached hydrogen (secondary N) is 2. The van der Waals surface area contributed by atoms with Gasteiger partial charge in [-0.2, -0.15) is 0 Å². The van der Waals surface area contributed by atoms with Gasteiger partial charge < -0.3 is 31.1 Å². The Balaban J connectivity index is 1.53. The van der Waals surface area contributed by atoms with Gasteiger partial charge in [-0.3, -0.25) is 28.9 Å². The molecule has 1 aromatic heterocycles. The highest BCUT2D eigenvalue weighted by atomic mass is 32.1. The lowest BCUT2D eigenvalue weighted by Crippen LogP contribution is -2.59. The van der Waals surface area contributed by atoms with Crippen LogP contribution < -0.4 is 16.4 Å². The second kappa shape index (κ2) is 18.3. The number of nitrogen functional groups attached to an aromatic ring is 1. The van der Waals surface area contributed by atoms with Crippen LogP contribution in [0, 0.1) is 17.8 Å². The number of nitrogens with two attached hydrogens (primary N) is 1. The van der Waals surface area contributed by atoms with Crippen molar-refractivity contribution < 1.29 is 33.8 Å². The maximum Gasteiger partial charge on any atom is 0.311 e. The molecule has 2 aromatic rings. The summed E-state index contributed by atoms with van der Waals surface area (Å²) in [5.41, 5.74) is 8.01. The van der Waals surface area contributed by atoms with Crippen molar-refractivity contribution >= 4 is 46.7 Å². The molecule has 1 saturated heterocycles. The van der Waals surface area contributed by atoms with Crippen LogP contribution in [0.4, 0.5) is 5.69 Å². The summed E-state index contributed by atoms with van der Waals surface area (Å²) in [6.45, 7) is 14.5. The summed E-state index contributed by atoms with van der Waals surface area (Å²) in [5.74, 6) is -2.85. The van der Waals surface area contributed by atoms with Gasteiger partial charge in [-0.25, -0.2) is 4.98 Å². The number of thiazole rings is 1. The van der Waals surface area contributed by atoms with E-state index in [0.29, 0.717) is 41.6 Å². The Morgan fingerprint density at radius 1 is 1.15 bits per heavy atom. The Labute approximate surface area is 317 Å². The first kappa shape index (κ1) is 41.7. The minimum absolute atomic E-state index is 0.0509. The molecule has 1 aliphatic heterocycles. The highest BCUT2D eigenvalue weighted by Gasteiger charge is 2.39. The van der Waals surface area contributed by atoms with Gasteiger partial charge in [0.25, 0.3) is 5.91 Å². The second-order valence-corrected chi connectivity index (χ2v) is 16.2. The van der Waals surface area contributed by atoms with E-state index in [2.05, 4.69) is 27.4 Å². The fourth-order valence-corrected chi connectivity index (χ4v) is 8.48. The van der Waals surface area contributed by atoms with Gasteiger partial charge in [0, 0.05) is 43.0 Å². The molecule has 1 aliphatic carbocycles. The number of aromatic nitrogens is 1. The first-order valence-corrected chi connectivity index (χ1v) is 19.8. The van der Waals surface area contributed by atoms with Crippen molar-refractivity contribution in [3.8, 4) is 0 Å². The molecule has 0 spiro atoms. The molecule has 0 radical (unpaired) electrons. The average molecular weight is 755 g/mol. The number of hydrogen-bond donors (Lipinski definition) is 4. The molecule has 5 N–H and O–H groups in total. The Hall–Kier alpha value is -4.04. The monoisotopic (exact) mass is 754 g/mol. The maximum atomic E-state index is 14.4. The fourth-order valence-electron chi connectivity index (χ4n) is 7.64. The third-order valence-corrected chi connectivity index (χ3v) is 11.9. The molecule has 0 bridgehead atoms. The van der Waals surface area contributed by atoms with Crippen LogP contribution in [0.3, 0.4) is 0 Å². The number of fused-ring (bicyclic) bond motifs is 1. The molecule has 1 unspecified atom stereocenters. The molecule has 292 valence electrons. The number of esters is 1. The SMILES string of the molecule is CC[C@H](C)[C@H](NC(=O)[C@H]1C[C@H](C)CCN1C)C(=O)N(CC)[C@H](C[C@@H](OC(C)=O)c1nc(C(=O)NC2Cc3ccc(N)cc3[C@H](C(=O)O)C2)cs1)C(C)C. The van der Waals surface area contributed by atoms with E-state index in [1.54, 1.807) is 28.5 Å². The Bertz CT molecular complexity index is 1630. The molecule has 14 heteroatoms. The highest BCUT2D eigenvalue weighted by molar-refractivity contribution is 7.09. The quantitative estimate of drug-likeness (QED) is 0.146. The van der Waals surface area contributed by atoms with Crippen LogP contribution in [0.5, 0.6) is 0 Å². The van der Waals surface area contributed by atoms with Crippen LogP contribution in [-0.4, -0.2) is 93.9 Å². The minimum atomic E-state index is -0.986. The molecular weight excluding hydrogens is 697 g/mol. The predicted molar refractivity (Wildman–Crippen MR) is 204 cm³/mol. The van der Waals surface area contributed by atoms with E-state index in [0.717, 1.165) is 24.9 Å². The standard InChI is InChI=1S/C39H58N6O7S/c1-9-23(6)34(43-36(48)32-15-22(5)13-14-44(32)8)38(49)45(10-2)31(21(3)4)19-33(52-24(7)46)37-42-30(20-53-37)35(47)41-27-16-25-11-12-26(40)17-28(25)29(18-27)39(50)51/h11-12,17,20-23,27,29,31-34H,9-10,13-16,18-19,40H2,1-8H3,(H,41,47)(H,43,48)(H,50,51)/t22-,23+,27?,29-,31-,32-,33-,34+/m1/s1. The number of carboxylic acid groups (broad SMARTS) is 1. The number of carbonyl (C=O) groups is 5. The third kappa shape index (κ3) is 10.3. The number of carboxylic acids is 1. The molecule has 8 atom stereocenters. The molecule has 1 fully saturated rings. The number of amides is 3. The van der Waals surface area contributed by atoms with Gasteiger partial charge in [0.2, 0.25) is 11.8 Å². The molecule has 1 aromatic carbocycles. The van der Waals surface area contributed by atoms with Crippen LogP contribution in [0.2, 0.25) is 0 Å². The number of nitrogens with zero attached hydrogens (tertiary/aromatic N) is 3. The number of aliphatic carboxylic acids is 1. The molecule has 0 saturated carbocycles. The number of piperidine rings is 1. The number of likely N-dealkylation sites (tertiary alicyclic amines) is 1. The number of rotatable bonds is 15. The lowest BCUT2D eigenvalue weighted by molar-refractivity contribution is -0.149. The molecule has 13 nitrogen and oxygen atoms in total. The zero-order valence-electron chi connectivity index (χ0n) is 32.4. The summed E-state index contributed by atoms with van der Waals surface area (Å²) in [5, 5.41) is 18.0. The van der Waals surface area contributed by atoms with E-state index in [-0.39, 0.29) is 54.3 Å². The smallest absolute Gasteiger partial charge is 0.311 e. The zero-order valence-corrected chi connectivity index (χ0v) is 33.2. The van der Waals surface area contributed by atoms with Crippen molar-refractivity contribution in [2.45, 2.75) is 123 Å². The van der Waals surface area contributed by atoms with Crippen molar-refractivity contribution in [3.63, 3.8) is 0 Å². The molecule has 3 amide bonds. The lowest BCUT2D eigenvalue weighted by Gasteiger charge is -2.40. The number of likely N-dealkylation sites (N-methyl/N-ethyl adjacent to an activating group) is 2.